The summed E-state index contributed by atoms with van der Waals surface area (Å²) in [4.78, 5) is 39.5. The Labute approximate surface area is 217 Å². The van der Waals surface area contributed by atoms with Crippen LogP contribution in [0.15, 0.2) is 28.7 Å². The van der Waals surface area contributed by atoms with Crippen molar-refractivity contribution in [3.05, 3.63) is 39.2 Å². The highest BCUT2D eigenvalue weighted by molar-refractivity contribution is 9.10. The van der Waals surface area contributed by atoms with Crippen LogP contribution in [0, 0.1) is 0 Å². The van der Waals surface area contributed by atoms with Crippen LogP contribution in [0.1, 0.15) is 54.3 Å². The van der Waals surface area contributed by atoms with Crippen molar-refractivity contribution in [3.8, 4) is 16.2 Å². The average molecular weight is 568 g/mol. The van der Waals surface area contributed by atoms with E-state index >= 15 is 0 Å². The molecule has 0 bridgehead atoms. The fourth-order valence-electron chi connectivity index (χ4n) is 4.13. The number of ether oxygens (including phenoxy) is 4. The molecule has 1 aromatic heterocycles. The van der Waals surface area contributed by atoms with E-state index < -0.39 is 11.9 Å². The summed E-state index contributed by atoms with van der Waals surface area (Å²) in [5, 5.41) is 0. The van der Waals surface area contributed by atoms with Crippen LogP contribution in [-0.2, 0) is 25.5 Å². The number of hydrogen-bond acceptors (Lipinski definition) is 8. The van der Waals surface area contributed by atoms with Gasteiger partial charge in [-0.05, 0) is 52.9 Å². The van der Waals surface area contributed by atoms with Crippen molar-refractivity contribution in [2.75, 3.05) is 27.4 Å². The van der Waals surface area contributed by atoms with Gasteiger partial charge in [-0.3, -0.25) is 0 Å². The molecule has 190 valence electrons. The second-order valence-corrected chi connectivity index (χ2v) is 9.89. The number of carbonyl (C=O) groups excluding carboxylic acids is 3. The number of thiophene rings is 1. The molecule has 8 nitrogen and oxygen atoms in total. The van der Waals surface area contributed by atoms with E-state index in [0.29, 0.717) is 11.0 Å². The van der Waals surface area contributed by atoms with E-state index in [1.165, 1.54) is 32.0 Å². The van der Waals surface area contributed by atoms with Crippen molar-refractivity contribution in [2.45, 2.75) is 51.6 Å². The van der Waals surface area contributed by atoms with Gasteiger partial charge in [-0.15, -0.1) is 11.3 Å². The number of amides is 1. The molecule has 0 saturated heterocycles. The molecule has 35 heavy (non-hydrogen) atoms. The Morgan fingerprint density at radius 1 is 1.11 bits per heavy atom. The number of carbonyl (C=O) groups is 3. The maximum atomic E-state index is 12.5. The number of halogens is 1. The van der Waals surface area contributed by atoms with Crippen LogP contribution in [0.3, 0.4) is 0 Å². The topological polar surface area (TPSA) is 91.4 Å². The van der Waals surface area contributed by atoms with E-state index in [2.05, 4.69) is 15.9 Å². The van der Waals surface area contributed by atoms with E-state index in [0.717, 1.165) is 41.7 Å². The van der Waals surface area contributed by atoms with Gasteiger partial charge in [0, 0.05) is 12.6 Å². The number of esters is 2. The van der Waals surface area contributed by atoms with Crippen molar-refractivity contribution >= 4 is 45.3 Å². The van der Waals surface area contributed by atoms with Gasteiger partial charge in [0.25, 0.3) is 0 Å². The van der Waals surface area contributed by atoms with E-state index in [9.17, 15) is 14.4 Å². The summed E-state index contributed by atoms with van der Waals surface area (Å²) in [6.07, 6.45) is 5.00. The summed E-state index contributed by atoms with van der Waals surface area (Å²) in [7, 11) is 2.70. The van der Waals surface area contributed by atoms with Crippen LogP contribution in [0.25, 0.3) is 10.4 Å². The lowest BCUT2D eigenvalue weighted by molar-refractivity contribution is -0.145. The third-order valence-electron chi connectivity index (χ3n) is 5.79. The first-order valence-corrected chi connectivity index (χ1v) is 13.1. The normalized spacial score (nSPS) is 13.7. The minimum atomic E-state index is -0.564. The maximum absolute atomic E-state index is 12.5. The van der Waals surface area contributed by atoms with E-state index in [1.807, 2.05) is 24.3 Å². The molecule has 0 N–H and O–H groups in total. The summed E-state index contributed by atoms with van der Waals surface area (Å²) in [6, 6.07) is 7.92. The minimum Gasteiger partial charge on any atom is -0.479 e. The Kier molecular flexibility index (Phi) is 9.97. The molecular weight excluding hydrogens is 538 g/mol. The molecule has 0 atom stereocenters. The zero-order valence-electron chi connectivity index (χ0n) is 20.1. The molecule has 1 fully saturated rings. The molecule has 1 aliphatic rings. The van der Waals surface area contributed by atoms with E-state index in [1.54, 1.807) is 11.8 Å². The third kappa shape index (κ3) is 6.76. The maximum Gasteiger partial charge on any atom is 0.410 e. The highest BCUT2D eigenvalue weighted by atomic mass is 79.9. The van der Waals surface area contributed by atoms with Gasteiger partial charge in [-0.25, -0.2) is 14.4 Å². The second kappa shape index (κ2) is 12.9. The molecule has 1 amide bonds. The molecule has 3 rings (SSSR count). The van der Waals surface area contributed by atoms with Gasteiger partial charge >= 0.3 is 18.0 Å². The van der Waals surface area contributed by atoms with Crippen LogP contribution in [0.2, 0.25) is 0 Å². The van der Waals surface area contributed by atoms with Crippen molar-refractivity contribution < 1.29 is 33.3 Å². The molecule has 10 heteroatoms. The molecular formula is C25H30BrNO7S. The number of hydrogen-bond donors (Lipinski definition) is 0. The third-order valence-corrected chi connectivity index (χ3v) is 8.01. The monoisotopic (exact) mass is 567 g/mol. The first-order valence-electron chi connectivity index (χ1n) is 11.5. The molecule has 1 aromatic carbocycles. The fraction of sp³-hybridized carbons (Fsp3) is 0.480. The van der Waals surface area contributed by atoms with Crippen LogP contribution < -0.4 is 4.74 Å². The number of nitrogens with zero attached hydrogens (tertiary/aromatic N) is 1. The zero-order chi connectivity index (χ0) is 25.4. The summed E-state index contributed by atoms with van der Waals surface area (Å²) in [5.74, 6) is -0.865. The van der Waals surface area contributed by atoms with E-state index in [-0.39, 0.29) is 36.0 Å². The lowest BCUT2D eigenvalue weighted by Gasteiger charge is -2.33. The highest BCUT2D eigenvalue weighted by Gasteiger charge is 2.28. The number of benzene rings is 1. The van der Waals surface area contributed by atoms with Gasteiger partial charge in [0.2, 0.25) is 0 Å². The van der Waals surface area contributed by atoms with Gasteiger partial charge in [-0.2, -0.15) is 0 Å². The number of rotatable bonds is 9. The largest absolute Gasteiger partial charge is 0.479 e. The predicted molar refractivity (Wildman–Crippen MR) is 136 cm³/mol. The average Bonchev–Trinajstić information content (AvgIpc) is 3.22. The van der Waals surface area contributed by atoms with Crippen molar-refractivity contribution in [1.82, 2.24) is 4.90 Å². The Morgan fingerprint density at radius 3 is 2.51 bits per heavy atom. The van der Waals surface area contributed by atoms with Crippen molar-refractivity contribution in [1.29, 1.82) is 0 Å². The smallest absolute Gasteiger partial charge is 0.410 e. The standard InChI is InChI=1S/C25H30BrNO7S/c1-4-33-19(28)15-34-21-20(26)22(35-23(21)24(29)31-2)17-10-8-9-16(13-17)14-27(25(30)32-3)18-11-6-5-7-12-18/h8-10,13,18H,4-7,11-12,14-15H2,1-3H3. The van der Waals surface area contributed by atoms with E-state index in [4.69, 9.17) is 18.9 Å². The van der Waals surface area contributed by atoms with Crippen LogP contribution >= 0.6 is 27.3 Å². The second-order valence-electron chi connectivity index (χ2n) is 8.08. The summed E-state index contributed by atoms with van der Waals surface area (Å²) in [5.41, 5.74) is 1.77. The molecule has 2 aromatic rings. The van der Waals surface area contributed by atoms with Crippen LogP contribution in [-0.4, -0.2) is 56.4 Å². The summed E-state index contributed by atoms with van der Waals surface area (Å²) in [6.45, 7) is 2.03. The van der Waals surface area contributed by atoms with Crippen molar-refractivity contribution in [3.63, 3.8) is 0 Å². The fourth-order valence-corrected chi connectivity index (χ4v) is 6.10. The molecule has 1 aliphatic carbocycles. The quantitative estimate of drug-likeness (QED) is 0.279. The van der Waals surface area contributed by atoms with Gasteiger partial charge in [0.1, 0.15) is 0 Å². The van der Waals surface area contributed by atoms with Gasteiger partial charge in [0.15, 0.2) is 17.2 Å². The SMILES string of the molecule is CCOC(=O)COc1c(C(=O)OC)sc(-c2cccc(CN(C(=O)OC)C3CCCCC3)c2)c1Br. The van der Waals surface area contributed by atoms with Crippen molar-refractivity contribution in [2.24, 2.45) is 0 Å². The Bertz CT molecular complexity index is 1050. The van der Waals surface area contributed by atoms with Crippen LogP contribution in [0.4, 0.5) is 4.79 Å². The Balaban J connectivity index is 1.90. The van der Waals surface area contributed by atoms with Crippen LogP contribution in [0.5, 0.6) is 5.75 Å². The zero-order valence-corrected chi connectivity index (χ0v) is 22.5. The Morgan fingerprint density at radius 2 is 1.86 bits per heavy atom. The Hall–Kier alpha value is -2.59. The molecule has 1 heterocycles. The molecule has 0 unspecified atom stereocenters. The van der Waals surface area contributed by atoms with Gasteiger partial charge in [-0.1, -0.05) is 37.5 Å². The summed E-state index contributed by atoms with van der Waals surface area (Å²) < 4.78 is 21.1. The van der Waals surface area contributed by atoms with Gasteiger partial charge < -0.3 is 23.8 Å². The highest BCUT2D eigenvalue weighted by Crippen LogP contribution is 2.46. The van der Waals surface area contributed by atoms with Gasteiger partial charge in [0.05, 0.1) is 30.2 Å². The first-order chi connectivity index (χ1) is 16.9. The molecule has 0 radical (unpaired) electrons. The summed E-state index contributed by atoms with van der Waals surface area (Å²) >= 11 is 4.74. The molecule has 1 saturated carbocycles. The molecule has 0 aliphatic heterocycles. The lowest BCUT2D eigenvalue weighted by atomic mass is 9.94. The lowest BCUT2D eigenvalue weighted by Crippen LogP contribution is -2.40. The molecule has 0 spiro atoms. The first kappa shape index (κ1) is 27.0. The number of methoxy groups -OCH3 is 2. The minimum absolute atomic E-state index is 0.155. The predicted octanol–water partition coefficient (Wildman–Crippen LogP) is 5.81.